The lowest BCUT2D eigenvalue weighted by Crippen LogP contribution is -2.50. The molecule has 1 aliphatic rings. The zero-order chi connectivity index (χ0) is 16.3. The SMILES string of the molecule is CC(Br)c1c(O)c(C(C)Br)c([Si](C)(C)C(C)(C)C)c2c1O2. The molecular weight excluding hydrogens is 412 g/mol. The van der Waals surface area contributed by atoms with Crippen LogP contribution in [0.5, 0.6) is 17.2 Å². The Balaban J connectivity index is 2.79. The Bertz CT molecular complexity index is 587. The van der Waals surface area contributed by atoms with Crippen LogP contribution in [0.25, 0.3) is 0 Å². The normalized spacial score (nSPS) is 17.0. The van der Waals surface area contributed by atoms with Crippen LogP contribution in [0.4, 0.5) is 0 Å². The van der Waals surface area contributed by atoms with E-state index in [1.54, 1.807) is 0 Å². The third-order valence-electron chi connectivity index (χ3n) is 4.92. The van der Waals surface area contributed by atoms with Crippen molar-refractivity contribution in [2.24, 2.45) is 0 Å². The molecule has 0 bridgehead atoms. The van der Waals surface area contributed by atoms with Crippen LogP contribution in [0.2, 0.25) is 18.1 Å². The predicted molar refractivity (Wildman–Crippen MR) is 99.7 cm³/mol. The topological polar surface area (TPSA) is 32.8 Å². The zero-order valence-electron chi connectivity index (χ0n) is 13.8. The van der Waals surface area contributed by atoms with Crippen LogP contribution in [0, 0.1) is 0 Å². The number of aromatic hydroxyl groups is 1. The molecule has 0 amide bonds. The molecule has 0 saturated heterocycles. The Kier molecular flexibility index (Phi) is 4.36. The van der Waals surface area contributed by atoms with Crippen LogP contribution in [0.15, 0.2) is 0 Å². The molecule has 2 atom stereocenters. The predicted octanol–water partition coefficient (Wildman–Crippen LogP) is 6.13. The van der Waals surface area contributed by atoms with Crippen LogP contribution in [0.1, 0.15) is 55.4 Å². The van der Waals surface area contributed by atoms with Crippen LogP contribution in [-0.4, -0.2) is 13.2 Å². The first kappa shape index (κ1) is 17.4. The number of phenols is 1. The number of hydrogen-bond donors (Lipinski definition) is 1. The Hall–Kier alpha value is -0.00312. The van der Waals surface area contributed by atoms with Crippen molar-refractivity contribution in [3.63, 3.8) is 0 Å². The zero-order valence-corrected chi connectivity index (χ0v) is 17.9. The Morgan fingerprint density at radius 2 is 1.48 bits per heavy atom. The van der Waals surface area contributed by atoms with Crippen LogP contribution < -0.4 is 9.92 Å². The van der Waals surface area contributed by atoms with E-state index in [9.17, 15) is 5.11 Å². The van der Waals surface area contributed by atoms with E-state index in [4.69, 9.17) is 4.74 Å². The summed E-state index contributed by atoms with van der Waals surface area (Å²) in [5.74, 6) is 2.29. The Morgan fingerprint density at radius 1 is 1.00 bits per heavy atom. The average molecular weight is 436 g/mol. The van der Waals surface area contributed by atoms with Gasteiger partial charge in [0.15, 0.2) is 11.5 Å². The van der Waals surface area contributed by atoms with Gasteiger partial charge in [-0.1, -0.05) is 65.7 Å². The van der Waals surface area contributed by atoms with E-state index < -0.39 is 8.07 Å². The van der Waals surface area contributed by atoms with Crippen molar-refractivity contribution in [1.82, 2.24) is 0 Å². The second-order valence-corrected chi connectivity index (χ2v) is 15.4. The van der Waals surface area contributed by atoms with Gasteiger partial charge in [-0.3, -0.25) is 0 Å². The molecule has 0 radical (unpaired) electrons. The summed E-state index contributed by atoms with van der Waals surface area (Å²) in [6.07, 6.45) is 0. The van der Waals surface area contributed by atoms with Gasteiger partial charge < -0.3 is 9.84 Å². The van der Waals surface area contributed by atoms with Gasteiger partial charge in [0.2, 0.25) is 0 Å². The maximum absolute atomic E-state index is 10.8. The van der Waals surface area contributed by atoms with Crippen molar-refractivity contribution in [3.8, 4) is 17.2 Å². The number of ether oxygens (including phenoxy) is 1. The van der Waals surface area contributed by atoms with Gasteiger partial charge >= 0.3 is 0 Å². The van der Waals surface area contributed by atoms with E-state index in [-0.39, 0.29) is 14.7 Å². The molecule has 1 aliphatic heterocycles. The Labute approximate surface area is 145 Å². The number of benzene rings is 1. The van der Waals surface area contributed by atoms with Crippen LogP contribution >= 0.6 is 31.9 Å². The molecule has 118 valence electrons. The first-order chi connectivity index (χ1) is 9.41. The van der Waals surface area contributed by atoms with Gasteiger partial charge in [0, 0.05) is 15.2 Å². The average Bonchev–Trinajstić information content (AvgIpc) is 3.03. The van der Waals surface area contributed by atoms with Gasteiger partial charge in [-0.15, -0.1) is 0 Å². The van der Waals surface area contributed by atoms with Gasteiger partial charge in [0.1, 0.15) is 5.75 Å². The third-order valence-corrected chi connectivity index (χ3v) is 11.3. The van der Waals surface area contributed by atoms with E-state index in [1.807, 2.05) is 6.92 Å². The summed E-state index contributed by atoms with van der Waals surface area (Å²) in [6.45, 7) is 15.7. The molecule has 21 heavy (non-hydrogen) atoms. The summed E-state index contributed by atoms with van der Waals surface area (Å²) in [5, 5.41) is 12.3. The van der Waals surface area contributed by atoms with Crippen molar-refractivity contribution in [3.05, 3.63) is 11.1 Å². The Morgan fingerprint density at radius 3 is 1.86 bits per heavy atom. The minimum atomic E-state index is -1.80. The first-order valence-electron chi connectivity index (χ1n) is 7.30. The summed E-state index contributed by atoms with van der Waals surface area (Å²) >= 11 is 7.25. The molecule has 1 heterocycles. The van der Waals surface area contributed by atoms with Crippen LogP contribution in [-0.2, 0) is 0 Å². The second-order valence-electron chi connectivity index (χ2n) is 7.42. The standard InChI is InChI=1S/C16H24Br2O2Si/c1-8(17)10-12(19)11(9(2)18)15(14-13(10)20-14)21(6,7)16(3,4)5/h8-9,19H,1-7H3. The van der Waals surface area contributed by atoms with Crippen LogP contribution in [0.3, 0.4) is 0 Å². The van der Waals surface area contributed by atoms with Gasteiger partial charge in [-0.2, -0.15) is 0 Å². The van der Waals surface area contributed by atoms with E-state index in [2.05, 4.69) is 72.6 Å². The second kappa shape index (κ2) is 5.27. The molecular formula is C16H24Br2O2Si. The highest BCUT2D eigenvalue weighted by molar-refractivity contribution is 9.09. The van der Waals surface area contributed by atoms with Crippen molar-refractivity contribution in [2.75, 3.05) is 0 Å². The highest BCUT2D eigenvalue weighted by Crippen LogP contribution is 2.58. The lowest BCUT2D eigenvalue weighted by Gasteiger charge is -2.38. The van der Waals surface area contributed by atoms with Crippen molar-refractivity contribution < 1.29 is 9.84 Å². The molecule has 0 aliphatic carbocycles. The fourth-order valence-electron chi connectivity index (χ4n) is 2.66. The fourth-order valence-corrected chi connectivity index (χ4v) is 6.24. The van der Waals surface area contributed by atoms with Crippen molar-refractivity contribution in [1.29, 1.82) is 0 Å². The van der Waals surface area contributed by atoms with E-state index in [1.165, 1.54) is 5.19 Å². The summed E-state index contributed by atoms with van der Waals surface area (Å²) in [7, 11) is -1.80. The lowest BCUT2D eigenvalue weighted by atomic mass is 10.0. The number of fused-ring (bicyclic) bond motifs is 1. The minimum Gasteiger partial charge on any atom is -0.507 e. The smallest absolute Gasteiger partial charge is 0.178 e. The van der Waals surface area contributed by atoms with Gasteiger partial charge in [0.05, 0.1) is 13.6 Å². The first-order valence-corrected chi connectivity index (χ1v) is 12.1. The molecule has 1 aromatic rings. The minimum absolute atomic E-state index is 0.0761. The van der Waals surface area contributed by atoms with E-state index >= 15 is 0 Å². The molecule has 1 aromatic carbocycles. The molecule has 1 N–H and O–H groups in total. The molecule has 0 fully saturated rings. The third kappa shape index (κ3) is 2.70. The quantitative estimate of drug-likeness (QED) is 0.357. The number of halogens is 2. The monoisotopic (exact) mass is 434 g/mol. The largest absolute Gasteiger partial charge is 0.507 e. The molecule has 2 nitrogen and oxygen atoms in total. The van der Waals surface area contributed by atoms with Gasteiger partial charge in [-0.05, 0) is 24.1 Å². The van der Waals surface area contributed by atoms with E-state index in [0.717, 1.165) is 22.6 Å². The van der Waals surface area contributed by atoms with Gasteiger partial charge in [-0.25, -0.2) is 0 Å². The number of hydrogen-bond acceptors (Lipinski definition) is 2. The molecule has 5 heteroatoms. The number of alkyl halides is 2. The van der Waals surface area contributed by atoms with E-state index in [0.29, 0.717) is 5.75 Å². The number of rotatable bonds is 3. The molecule has 2 rings (SSSR count). The maximum Gasteiger partial charge on any atom is 0.178 e. The molecule has 0 saturated carbocycles. The van der Waals surface area contributed by atoms with Crippen molar-refractivity contribution in [2.45, 2.75) is 62.4 Å². The molecule has 0 spiro atoms. The maximum atomic E-state index is 10.8. The molecule has 0 aromatic heterocycles. The number of phenolic OH excluding ortho intramolecular Hbond substituents is 1. The fraction of sp³-hybridized carbons (Fsp3) is 0.625. The summed E-state index contributed by atoms with van der Waals surface area (Å²) in [6, 6.07) is 0. The highest BCUT2D eigenvalue weighted by Gasteiger charge is 2.48. The molecule has 2 unspecified atom stereocenters. The summed E-state index contributed by atoms with van der Waals surface area (Å²) in [5.41, 5.74) is 1.90. The lowest BCUT2D eigenvalue weighted by molar-refractivity contribution is 0.462. The highest BCUT2D eigenvalue weighted by atomic mass is 79.9. The summed E-state index contributed by atoms with van der Waals surface area (Å²) < 4.78 is 5.84. The summed E-state index contributed by atoms with van der Waals surface area (Å²) in [4.78, 5) is 0.174. The van der Waals surface area contributed by atoms with Gasteiger partial charge in [0.25, 0.3) is 0 Å². The van der Waals surface area contributed by atoms with Crippen molar-refractivity contribution >= 4 is 45.1 Å².